The normalized spacial score (nSPS) is 15.3. The quantitative estimate of drug-likeness (QED) is 0.864. The van der Waals surface area contributed by atoms with Crippen LogP contribution in [-0.4, -0.2) is 26.0 Å². The predicted octanol–water partition coefficient (Wildman–Crippen LogP) is 1.83. The minimum absolute atomic E-state index is 0.127. The molecule has 0 spiro atoms. The first-order valence-corrected chi connectivity index (χ1v) is 7.52. The molecular formula is C12H12F3N3O3S. The zero-order chi connectivity index (χ0) is 16.5. The molecule has 0 radical (unpaired) electrons. The Bertz CT molecular complexity index is 729. The Balaban J connectivity index is 2.27. The fourth-order valence-corrected chi connectivity index (χ4v) is 3.00. The molecule has 1 heterocycles. The number of benzene rings is 1. The van der Waals surface area contributed by atoms with E-state index in [1.807, 2.05) is 0 Å². The molecule has 120 valence electrons. The SMILES string of the molecule is CC1=CNN(C(=O)NS(=O)(=O)c2ccccc2C(F)(F)F)C1. The van der Waals surface area contributed by atoms with Crippen LogP contribution in [0.15, 0.2) is 40.9 Å². The summed E-state index contributed by atoms with van der Waals surface area (Å²) in [4.78, 5) is 10.8. The van der Waals surface area contributed by atoms with Crippen molar-refractivity contribution < 1.29 is 26.4 Å². The van der Waals surface area contributed by atoms with Gasteiger partial charge in [-0.25, -0.2) is 22.9 Å². The summed E-state index contributed by atoms with van der Waals surface area (Å²) >= 11 is 0. The molecule has 6 nitrogen and oxygen atoms in total. The van der Waals surface area contributed by atoms with Crippen molar-refractivity contribution in [3.63, 3.8) is 0 Å². The topological polar surface area (TPSA) is 78.5 Å². The van der Waals surface area contributed by atoms with Crippen molar-refractivity contribution in [3.05, 3.63) is 41.6 Å². The van der Waals surface area contributed by atoms with Gasteiger partial charge in [-0.2, -0.15) is 13.2 Å². The molecule has 2 amide bonds. The molecule has 0 fully saturated rings. The third-order valence-corrected chi connectivity index (χ3v) is 4.20. The van der Waals surface area contributed by atoms with Crippen LogP contribution in [0.3, 0.4) is 0 Å². The van der Waals surface area contributed by atoms with Crippen molar-refractivity contribution in [1.82, 2.24) is 15.2 Å². The Morgan fingerprint density at radius 2 is 1.95 bits per heavy atom. The number of amides is 2. The van der Waals surface area contributed by atoms with Crippen molar-refractivity contribution in [2.45, 2.75) is 18.0 Å². The molecular weight excluding hydrogens is 323 g/mol. The summed E-state index contributed by atoms with van der Waals surface area (Å²) in [6, 6.07) is 2.58. The molecule has 0 atom stereocenters. The van der Waals surface area contributed by atoms with E-state index < -0.39 is 32.7 Å². The first-order chi connectivity index (χ1) is 10.1. The second kappa shape index (κ2) is 5.52. The lowest BCUT2D eigenvalue weighted by Crippen LogP contribution is -2.46. The summed E-state index contributed by atoms with van der Waals surface area (Å²) in [5.41, 5.74) is 1.93. The van der Waals surface area contributed by atoms with Crippen molar-refractivity contribution in [2.24, 2.45) is 0 Å². The van der Waals surface area contributed by atoms with Gasteiger partial charge in [0.05, 0.1) is 17.0 Å². The summed E-state index contributed by atoms with van der Waals surface area (Å²) in [6.45, 7) is 1.83. The molecule has 0 unspecified atom stereocenters. The molecule has 10 heteroatoms. The van der Waals surface area contributed by atoms with Gasteiger partial charge in [-0.15, -0.1) is 0 Å². The lowest BCUT2D eigenvalue weighted by atomic mass is 10.2. The maximum Gasteiger partial charge on any atom is 0.417 e. The summed E-state index contributed by atoms with van der Waals surface area (Å²) in [7, 11) is -4.65. The summed E-state index contributed by atoms with van der Waals surface area (Å²) in [6.07, 6.45) is -3.37. The number of carbonyl (C=O) groups excluding carboxylic acids is 1. The molecule has 0 aliphatic carbocycles. The van der Waals surface area contributed by atoms with Crippen LogP contribution < -0.4 is 10.1 Å². The van der Waals surface area contributed by atoms with E-state index in [4.69, 9.17) is 0 Å². The zero-order valence-corrected chi connectivity index (χ0v) is 12.1. The van der Waals surface area contributed by atoms with E-state index in [0.29, 0.717) is 6.07 Å². The van der Waals surface area contributed by atoms with Gasteiger partial charge in [0.2, 0.25) is 0 Å². The highest BCUT2D eigenvalue weighted by molar-refractivity contribution is 7.90. The standard InChI is InChI=1S/C12H12F3N3O3S/c1-8-6-16-18(7-8)11(19)17-22(20,21)10-5-3-2-4-9(10)12(13,14)15/h2-6,16H,7H2,1H3,(H,17,19). The van der Waals surface area contributed by atoms with E-state index in [1.54, 1.807) is 11.6 Å². The number of urea groups is 1. The number of alkyl halides is 3. The van der Waals surface area contributed by atoms with E-state index in [9.17, 15) is 26.4 Å². The van der Waals surface area contributed by atoms with E-state index in [2.05, 4.69) is 5.43 Å². The van der Waals surface area contributed by atoms with E-state index >= 15 is 0 Å². The molecule has 0 saturated carbocycles. The van der Waals surface area contributed by atoms with E-state index in [0.717, 1.165) is 28.8 Å². The number of hydrazine groups is 1. The molecule has 1 aliphatic rings. The monoisotopic (exact) mass is 335 g/mol. The summed E-state index contributed by atoms with van der Waals surface area (Å²) < 4.78 is 64.3. The molecule has 1 aromatic rings. The average Bonchev–Trinajstić information content (AvgIpc) is 2.84. The predicted molar refractivity (Wildman–Crippen MR) is 70.8 cm³/mol. The van der Waals surface area contributed by atoms with Crippen LogP contribution in [0.2, 0.25) is 0 Å². The summed E-state index contributed by atoms with van der Waals surface area (Å²) in [5.74, 6) is 0. The highest BCUT2D eigenvalue weighted by Gasteiger charge is 2.37. The fraction of sp³-hybridized carbons (Fsp3) is 0.250. The Labute approximate surface area is 124 Å². The Morgan fingerprint density at radius 1 is 1.32 bits per heavy atom. The average molecular weight is 335 g/mol. The molecule has 1 aromatic carbocycles. The second-order valence-corrected chi connectivity index (χ2v) is 6.26. The number of sulfonamides is 1. The zero-order valence-electron chi connectivity index (χ0n) is 11.3. The van der Waals surface area contributed by atoms with Gasteiger partial charge in [-0.3, -0.25) is 0 Å². The number of hydrogen-bond acceptors (Lipinski definition) is 4. The fourth-order valence-electron chi connectivity index (χ4n) is 1.82. The molecule has 0 saturated heterocycles. The molecule has 0 aromatic heterocycles. The molecule has 2 N–H and O–H groups in total. The van der Waals surface area contributed by atoms with E-state index in [1.165, 1.54) is 6.20 Å². The Kier molecular flexibility index (Phi) is 4.05. The van der Waals surface area contributed by atoms with Gasteiger partial charge in [-0.1, -0.05) is 12.1 Å². The minimum Gasteiger partial charge on any atom is -0.302 e. The van der Waals surface area contributed by atoms with Crippen LogP contribution in [0, 0.1) is 0 Å². The van der Waals surface area contributed by atoms with Gasteiger partial charge in [0.25, 0.3) is 10.0 Å². The largest absolute Gasteiger partial charge is 0.417 e. The van der Waals surface area contributed by atoms with Gasteiger partial charge >= 0.3 is 12.2 Å². The maximum absolute atomic E-state index is 12.9. The minimum atomic E-state index is -4.85. The van der Waals surface area contributed by atoms with Crippen molar-refractivity contribution in [2.75, 3.05) is 6.54 Å². The summed E-state index contributed by atoms with van der Waals surface area (Å²) in [5, 5.41) is 0.934. The second-order valence-electron chi connectivity index (χ2n) is 4.61. The molecule has 22 heavy (non-hydrogen) atoms. The highest BCUT2D eigenvalue weighted by Crippen LogP contribution is 2.33. The van der Waals surface area contributed by atoms with Crippen molar-refractivity contribution in [1.29, 1.82) is 0 Å². The van der Waals surface area contributed by atoms with Crippen LogP contribution in [0.5, 0.6) is 0 Å². The van der Waals surface area contributed by atoms with Crippen LogP contribution in [0.25, 0.3) is 0 Å². The number of nitrogens with zero attached hydrogens (tertiary/aromatic N) is 1. The molecule has 1 aliphatic heterocycles. The van der Waals surface area contributed by atoms with Crippen molar-refractivity contribution >= 4 is 16.1 Å². The molecule has 2 rings (SSSR count). The van der Waals surface area contributed by atoms with Crippen LogP contribution in [-0.2, 0) is 16.2 Å². The molecule has 0 bridgehead atoms. The van der Waals surface area contributed by atoms with Gasteiger partial charge in [0.15, 0.2) is 0 Å². The first-order valence-electron chi connectivity index (χ1n) is 6.03. The number of hydrogen-bond donors (Lipinski definition) is 2. The van der Waals surface area contributed by atoms with Crippen LogP contribution in [0.1, 0.15) is 12.5 Å². The number of nitrogens with one attached hydrogen (secondary N) is 2. The van der Waals surface area contributed by atoms with Gasteiger partial charge in [-0.05, 0) is 24.6 Å². The van der Waals surface area contributed by atoms with Gasteiger partial charge in [0.1, 0.15) is 0 Å². The number of halogens is 3. The number of rotatable bonds is 2. The van der Waals surface area contributed by atoms with Gasteiger partial charge < -0.3 is 5.43 Å². The third-order valence-electron chi connectivity index (χ3n) is 2.82. The third kappa shape index (κ3) is 3.32. The van der Waals surface area contributed by atoms with Crippen molar-refractivity contribution in [3.8, 4) is 0 Å². The maximum atomic E-state index is 12.9. The number of carbonyl (C=O) groups is 1. The van der Waals surface area contributed by atoms with Crippen LogP contribution >= 0.6 is 0 Å². The first kappa shape index (κ1) is 16.1. The van der Waals surface area contributed by atoms with Crippen LogP contribution in [0.4, 0.5) is 18.0 Å². The Hall–Kier alpha value is -2.23. The lowest BCUT2D eigenvalue weighted by Gasteiger charge is -2.18. The van der Waals surface area contributed by atoms with Gasteiger partial charge in [0, 0.05) is 6.20 Å². The highest BCUT2D eigenvalue weighted by atomic mass is 32.2. The Morgan fingerprint density at radius 3 is 2.50 bits per heavy atom. The smallest absolute Gasteiger partial charge is 0.302 e. The van der Waals surface area contributed by atoms with E-state index in [-0.39, 0.29) is 6.54 Å². The lowest BCUT2D eigenvalue weighted by molar-refractivity contribution is -0.139.